The number of nitrogens with zero attached hydrogens (tertiary/aromatic N) is 2. The van der Waals surface area contributed by atoms with E-state index in [1.807, 2.05) is 30.3 Å². The van der Waals surface area contributed by atoms with Gasteiger partial charge in [-0.25, -0.2) is 22.0 Å². The summed E-state index contributed by atoms with van der Waals surface area (Å²) in [6.07, 6.45) is -0.0338. The van der Waals surface area contributed by atoms with Gasteiger partial charge in [-0.05, 0) is 24.3 Å². The molecule has 11 nitrogen and oxygen atoms in total. The number of sulfonamides is 1. The number of hydrogen-bond donors (Lipinski definition) is 2. The number of amides is 1. The first kappa shape index (κ1) is 25.9. The lowest BCUT2D eigenvalue weighted by Gasteiger charge is -2.29. The van der Waals surface area contributed by atoms with Crippen molar-refractivity contribution in [2.24, 2.45) is 5.14 Å². The summed E-state index contributed by atoms with van der Waals surface area (Å²) in [6, 6.07) is 12.1. The molecular weight excluding hydrogens is 504 g/mol. The van der Waals surface area contributed by atoms with Crippen LogP contribution in [0.25, 0.3) is 0 Å². The van der Waals surface area contributed by atoms with Crippen molar-refractivity contribution in [3.05, 3.63) is 58.6 Å². The largest absolute Gasteiger partial charge is 0.375 e. The normalized spacial score (nSPS) is 16.6. The Bertz CT molecular complexity index is 1250. The molecule has 1 amide bonds. The van der Waals surface area contributed by atoms with Crippen LogP contribution >= 0.6 is 11.8 Å². The molecule has 3 rings (SSSR count). The Hall–Kier alpha value is -2.68. The molecule has 14 heteroatoms. The van der Waals surface area contributed by atoms with Crippen LogP contribution in [-0.4, -0.2) is 69.0 Å². The third kappa shape index (κ3) is 7.16. The summed E-state index contributed by atoms with van der Waals surface area (Å²) >= 11 is 1.44. The van der Waals surface area contributed by atoms with Crippen molar-refractivity contribution in [2.75, 3.05) is 35.7 Å². The molecule has 34 heavy (non-hydrogen) atoms. The van der Waals surface area contributed by atoms with E-state index < -0.39 is 41.4 Å². The van der Waals surface area contributed by atoms with E-state index in [0.29, 0.717) is 5.75 Å². The lowest BCUT2D eigenvalue weighted by atomic mass is 10.1. The Morgan fingerprint density at radius 3 is 2.41 bits per heavy atom. The average Bonchev–Trinajstić information content (AvgIpc) is 2.77. The molecule has 0 aliphatic carbocycles. The van der Waals surface area contributed by atoms with Crippen LogP contribution in [0, 0.1) is 10.1 Å². The number of benzene rings is 2. The zero-order valence-corrected chi connectivity index (χ0v) is 20.4. The van der Waals surface area contributed by atoms with Gasteiger partial charge in [0.25, 0.3) is 5.69 Å². The number of hydrogen-bond acceptors (Lipinski definition) is 9. The van der Waals surface area contributed by atoms with Gasteiger partial charge in [0.15, 0.2) is 9.84 Å². The second-order valence-electron chi connectivity index (χ2n) is 7.68. The number of anilines is 1. The highest BCUT2D eigenvalue weighted by Gasteiger charge is 2.28. The van der Waals surface area contributed by atoms with Crippen LogP contribution in [0.2, 0.25) is 0 Å². The summed E-state index contributed by atoms with van der Waals surface area (Å²) in [7, 11) is -7.29. The molecule has 1 heterocycles. The SMILES string of the molecule is NS(=O)(=O)c1ccc(N[C@@H](CSc2ccccc2)CC(=O)N2CCS(=O)(=O)CC2)c([N+](=O)[O-])c1. The zero-order valence-electron chi connectivity index (χ0n) is 18.0. The van der Waals surface area contributed by atoms with Gasteiger partial charge >= 0.3 is 0 Å². The van der Waals surface area contributed by atoms with Crippen molar-refractivity contribution in [3.8, 4) is 0 Å². The predicted molar refractivity (Wildman–Crippen MR) is 129 cm³/mol. The summed E-state index contributed by atoms with van der Waals surface area (Å²) in [5.74, 6) is -0.104. The third-order valence-electron chi connectivity index (χ3n) is 5.17. The molecule has 0 unspecified atom stereocenters. The molecule has 0 spiro atoms. The molecule has 184 valence electrons. The average molecular weight is 529 g/mol. The van der Waals surface area contributed by atoms with Crippen LogP contribution in [0.3, 0.4) is 0 Å². The van der Waals surface area contributed by atoms with Gasteiger partial charge in [-0.3, -0.25) is 14.9 Å². The minimum absolute atomic E-state index is 0.0338. The molecule has 0 radical (unpaired) electrons. The second-order valence-corrected chi connectivity index (χ2v) is 12.6. The first-order valence-corrected chi connectivity index (χ1v) is 14.5. The quantitative estimate of drug-likeness (QED) is 0.278. The van der Waals surface area contributed by atoms with Crippen LogP contribution in [-0.2, 0) is 24.7 Å². The Morgan fingerprint density at radius 1 is 1.18 bits per heavy atom. The number of primary sulfonamides is 1. The number of thioether (sulfide) groups is 1. The number of carbonyl (C=O) groups is 1. The molecule has 2 aromatic rings. The minimum Gasteiger partial charge on any atom is -0.375 e. The molecule has 1 aliphatic rings. The predicted octanol–water partition coefficient (Wildman–Crippen LogP) is 1.46. The molecule has 0 bridgehead atoms. The number of carbonyl (C=O) groups excluding carboxylic acids is 1. The van der Waals surface area contributed by atoms with Crippen molar-refractivity contribution in [2.45, 2.75) is 22.3 Å². The fourth-order valence-corrected chi connectivity index (χ4v) is 6.03. The Morgan fingerprint density at radius 2 is 1.82 bits per heavy atom. The monoisotopic (exact) mass is 528 g/mol. The van der Waals surface area contributed by atoms with Crippen LogP contribution in [0.4, 0.5) is 11.4 Å². The van der Waals surface area contributed by atoms with Crippen LogP contribution in [0.15, 0.2) is 58.3 Å². The summed E-state index contributed by atoms with van der Waals surface area (Å²) in [5, 5.41) is 19.7. The van der Waals surface area contributed by atoms with Gasteiger partial charge in [-0.1, -0.05) is 18.2 Å². The Balaban J connectivity index is 1.82. The number of nitrogens with one attached hydrogen (secondary N) is 1. The maximum atomic E-state index is 12.9. The van der Waals surface area contributed by atoms with E-state index in [0.717, 1.165) is 17.0 Å². The number of nitro benzene ring substituents is 1. The van der Waals surface area contributed by atoms with Gasteiger partial charge in [0.1, 0.15) is 5.69 Å². The van der Waals surface area contributed by atoms with Crippen LogP contribution in [0.5, 0.6) is 0 Å². The summed E-state index contributed by atoms with van der Waals surface area (Å²) in [4.78, 5) is 25.7. The first-order chi connectivity index (χ1) is 15.9. The fraction of sp³-hybridized carbons (Fsp3) is 0.350. The molecule has 1 saturated heterocycles. The first-order valence-electron chi connectivity index (χ1n) is 10.2. The van der Waals surface area contributed by atoms with E-state index in [9.17, 15) is 31.7 Å². The van der Waals surface area contributed by atoms with E-state index in [1.165, 1.54) is 22.7 Å². The number of nitro groups is 1. The fourth-order valence-electron chi connectivity index (χ4n) is 3.35. The summed E-state index contributed by atoms with van der Waals surface area (Å²) in [5.41, 5.74) is -0.442. The highest BCUT2D eigenvalue weighted by Crippen LogP contribution is 2.29. The molecule has 3 N–H and O–H groups in total. The summed E-state index contributed by atoms with van der Waals surface area (Å²) in [6.45, 7) is 0.200. The topological polar surface area (TPSA) is 170 Å². The number of rotatable bonds is 9. The van der Waals surface area contributed by atoms with E-state index in [4.69, 9.17) is 5.14 Å². The smallest absolute Gasteiger partial charge is 0.293 e. The van der Waals surface area contributed by atoms with Crippen molar-refractivity contribution in [1.82, 2.24) is 4.90 Å². The molecule has 0 aromatic heterocycles. The van der Waals surface area contributed by atoms with Crippen LogP contribution in [0.1, 0.15) is 6.42 Å². The van der Waals surface area contributed by atoms with Crippen LogP contribution < -0.4 is 10.5 Å². The lowest BCUT2D eigenvalue weighted by Crippen LogP contribution is -2.45. The third-order valence-corrected chi connectivity index (χ3v) is 8.86. The van der Waals surface area contributed by atoms with Crippen molar-refractivity contribution in [1.29, 1.82) is 0 Å². The maximum Gasteiger partial charge on any atom is 0.293 e. The van der Waals surface area contributed by atoms with E-state index in [1.54, 1.807) is 0 Å². The van der Waals surface area contributed by atoms with Gasteiger partial charge in [-0.15, -0.1) is 11.8 Å². The zero-order chi connectivity index (χ0) is 24.9. The van der Waals surface area contributed by atoms with Crippen molar-refractivity contribution >= 4 is 48.9 Å². The van der Waals surface area contributed by atoms with E-state index in [-0.39, 0.29) is 42.6 Å². The highest BCUT2D eigenvalue weighted by atomic mass is 32.2. The number of nitrogens with two attached hydrogens (primary N) is 1. The van der Waals surface area contributed by atoms with Crippen molar-refractivity contribution < 1.29 is 26.6 Å². The highest BCUT2D eigenvalue weighted by molar-refractivity contribution is 7.99. The molecule has 1 aliphatic heterocycles. The van der Waals surface area contributed by atoms with Gasteiger partial charge in [0.2, 0.25) is 15.9 Å². The van der Waals surface area contributed by atoms with Gasteiger partial charge < -0.3 is 10.2 Å². The second kappa shape index (κ2) is 10.7. The number of sulfone groups is 1. The molecule has 0 saturated carbocycles. The molecule has 1 fully saturated rings. The maximum absolute atomic E-state index is 12.9. The molecular formula is C20H24N4O7S3. The Kier molecular flexibility index (Phi) is 8.17. The van der Waals surface area contributed by atoms with E-state index in [2.05, 4.69) is 5.32 Å². The van der Waals surface area contributed by atoms with Gasteiger partial charge in [-0.2, -0.15) is 0 Å². The molecule has 1 atom stereocenters. The lowest BCUT2D eigenvalue weighted by molar-refractivity contribution is -0.384. The van der Waals surface area contributed by atoms with Gasteiger partial charge in [0, 0.05) is 42.3 Å². The van der Waals surface area contributed by atoms with Gasteiger partial charge in [0.05, 0.1) is 21.3 Å². The Labute approximate surface area is 201 Å². The molecule has 2 aromatic carbocycles. The standard InChI is InChI=1S/C20H24N4O7S3/c21-34(30,31)17-6-7-18(19(13-17)24(26)27)22-15(14-32-16-4-2-1-3-5-16)12-20(25)23-8-10-33(28,29)11-9-23/h1-7,13,15,22H,8-12,14H2,(H2,21,30,31)/t15-/m1/s1. The van der Waals surface area contributed by atoms with Crippen molar-refractivity contribution in [3.63, 3.8) is 0 Å². The minimum atomic E-state index is -4.14. The summed E-state index contributed by atoms with van der Waals surface area (Å²) < 4.78 is 46.6. The van der Waals surface area contributed by atoms with E-state index >= 15 is 0 Å².